The SMILES string of the molecule is Cc1csc(C(=O)O)c1S(=O)(=O)NC(C)CC(C)O. The van der Waals surface area contributed by atoms with Crippen molar-refractivity contribution in [2.45, 2.75) is 44.2 Å². The van der Waals surface area contributed by atoms with Gasteiger partial charge in [-0.2, -0.15) is 0 Å². The van der Waals surface area contributed by atoms with Crippen LogP contribution in [0, 0.1) is 6.92 Å². The van der Waals surface area contributed by atoms with Crippen LogP contribution in [0.5, 0.6) is 0 Å². The van der Waals surface area contributed by atoms with Crippen molar-refractivity contribution < 1.29 is 23.4 Å². The summed E-state index contributed by atoms with van der Waals surface area (Å²) in [7, 11) is -3.90. The zero-order valence-electron chi connectivity index (χ0n) is 10.9. The number of aliphatic hydroxyl groups excluding tert-OH is 1. The number of rotatable bonds is 6. The molecular formula is C11H17NO5S2. The number of hydrogen-bond donors (Lipinski definition) is 3. The molecule has 0 spiro atoms. The molecule has 0 aliphatic rings. The fourth-order valence-corrected chi connectivity index (χ4v) is 4.69. The lowest BCUT2D eigenvalue weighted by Gasteiger charge is -2.16. The predicted octanol–water partition coefficient (Wildman–Crippen LogP) is 1.19. The van der Waals surface area contributed by atoms with Crippen LogP contribution in [-0.4, -0.2) is 36.7 Å². The van der Waals surface area contributed by atoms with E-state index in [1.807, 2.05) is 0 Å². The maximum absolute atomic E-state index is 12.2. The Labute approximate surface area is 116 Å². The number of aromatic carboxylic acids is 1. The van der Waals surface area contributed by atoms with Gasteiger partial charge in [-0.3, -0.25) is 0 Å². The lowest BCUT2D eigenvalue weighted by atomic mass is 10.2. The molecule has 1 aromatic rings. The Morgan fingerprint density at radius 2 is 2.05 bits per heavy atom. The average molecular weight is 307 g/mol. The Balaban J connectivity index is 3.07. The lowest BCUT2D eigenvalue weighted by Crippen LogP contribution is -2.35. The highest BCUT2D eigenvalue weighted by molar-refractivity contribution is 7.89. The third-order valence-corrected chi connectivity index (χ3v) is 5.42. The van der Waals surface area contributed by atoms with Gasteiger partial charge >= 0.3 is 5.97 Å². The van der Waals surface area contributed by atoms with Crippen LogP contribution in [0.4, 0.5) is 0 Å². The minimum Gasteiger partial charge on any atom is -0.477 e. The molecule has 2 unspecified atom stereocenters. The second kappa shape index (κ2) is 6.00. The molecule has 0 amide bonds. The van der Waals surface area contributed by atoms with Gasteiger partial charge in [0, 0.05) is 6.04 Å². The third kappa shape index (κ3) is 4.00. The first-order valence-electron chi connectivity index (χ1n) is 5.67. The van der Waals surface area contributed by atoms with Crippen LogP contribution in [-0.2, 0) is 10.0 Å². The Bertz CT molecular complexity index is 562. The number of hydrogen-bond acceptors (Lipinski definition) is 5. The van der Waals surface area contributed by atoms with E-state index in [1.165, 1.54) is 5.38 Å². The molecule has 3 N–H and O–H groups in total. The van der Waals surface area contributed by atoms with E-state index in [2.05, 4.69) is 4.72 Å². The Kier molecular flexibility index (Phi) is 5.08. The van der Waals surface area contributed by atoms with E-state index in [0.717, 1.165) is 11.3 Å². The summed E-state index contributed by atoms with van der Waals surface area (Å²) >= 11 is 0.884. The predicted molar refractivity (Wildman–Crippen MR) is 72.1 cm³/mol. The largest absolute Gasteiger partial charge is 0.477 e. The number of carbonyl (C=O) groups is 1. The highest BCUT2D eigenvalue weighted by atomic mass is 32.2. The van der Waals surface area contributed by atoms with E-state index in [4.69, 9.17) is 5.11 Å². The molecule has 6 nitrogen and oxygen atoms in total. The summed E-state index contributed by atoms with van der Waals surface area (Å²) in [5.41, 5.74) is 0.402. The third-order valence-electron chi connectivity index (χ3n) is 2.43. The Morgan fingerprint density at radius 3 is 2.53 bits per heavy atom. The number of thiophene rings is 1. The monoisotopic (exact) mass is 307 g/mol. The van der Waals surface area contributed by atoms with Gasteiger partial charge in [-0.15, -0.1) is 11.3 Å². The van der Waals surface area contributed by atoms with Crippen LogP contribution < -0.4 is 4.72 Å². The van der Waals surface area contributed by atoms with Crippen LogP contribution in [0.1, 0.15) is 35.5 Å². The molecule has 8 heteroatoms. The topological polar surface area (TPSA) is 104 Å². The van der Waals surface area contributed by atoms with Crippen molar-refractivity contribution >= 4 is 27.3 Å². The molecule has 1 rings (SSSR count). The van der Waals surface area contributed by atoms with E-state index < -0.39 is 28.1 Å². The van der Waals surface area contributed by atoms with E-state index >= 15 is 0 Å². The Morgan fingerprint density at radius 1 is 1.47 bits per heavy atom. The summed E-state index contributed by atoms with van der Waals surface area (Å²) in [6.07, 6.45) is -0.384. The van der Waals surface area contributed by atoms with Gasteiger partial charge in [-0.05, 0) is 38.1 Å². The molecule has 0 aliphatic heterocycles. The van der Waals surface area contributed by atoms with Gasteiger partial charge in [0.05, 0.1) is 6.10 Å². The van der Waals surface area contributed by atoms with Gasteiger partial charge in [-0.1, -0.05) is 0 Å². The molecule has 1 aromatic heterocycles. The normalized spacial score (nSPS) is 15.2. The van der Waals surface area contributed by atoms with E-state index in [9.17, 15) is 18.3 Å². The highest BCUT2D eigenvalue weighted by Gasteiger charge is 2.28. The van der Waals surface area contributed by atoms with Gasteiger partial charge in [0.25, 0.3) is 0 Å². The summed E-state index contributed by atoms with van der Waals surface area (Å²) in [5.74, 6) is -1.26. The van der Waals surface area contributed by atoms with E-state index in [-0.39, 0.29) is 16.2 Å². The number of aliphatic hydroxyl groups is 1. The van der Waals surface area contributed by atoms with Crippen LogP contribution in [0.3, 0.4) is 0 Å². The molecule has 0 fully saturated rings. The second-order valence-corrected chi connectivity index (χ2v) is 7.02. The molecular weight excluding hydrogens is 290 g/mol. The number of sulfonamides is 1. The van der Waals surface area contributed by atoms with Gasteiger partial charge in [-0.25, -0.2) is 17.9 Å². The number of aryl methyl sites for hydroxylation is 1. The molecule has 0 aliphatic carbocycles. The fraction of sp³-hybridized carbons (Fsp3) is 0.545. The van der Waals surface area contributed by atoms with Gasteiger partial charge < -0.3 is 10.2 Å². The lowest BCUT2D eigenvalue weighted by molar-refractivity contribution is 0.0698. The van der Waals surface area contributed by atoms with Crippen molar-refractivity contribution in [2.24, 2.45) is 0 Å². The first-order valence-corrected chi connectivity index (χ1v) is 8.03. The minimum atomic E-state index is -3.90. The molecule has 19 heavy (non-hydrogen) atoms. The van der Waals surface area contributed by atoms with Crippen LogP contribution >= 0.6 is 11.3 Å². The van der Waals surface area contributed by atoms with Crippen LogP contribution in [0.25, 0.3) is 0 Å². The molecule has 0 saturated heterocycles. The molecule has 2 atom stereocenters. The van der Waals surface area contributed by atoms with Gasteiger partial charge in [0.15, 0.2) is 0 Å². The number of carboxylic acids is 1. The van der Waals surface area contributed by atoms with Crippen molar-refractivity contribution in [3.63, 3.8) is 0 Å². The molecule has 0 bridgehead atoms. The average Bonchev–Trinajstić information content (AvgIpc) is 2.58. The standard InChI is InChI=1S/C11H17NO5S2/c1-6-5-18-9(11(14)15)10(6)19(16,17)12-7(2)4-8(3)13/h5,7-8,12-13H,4H2,1-3H3,(H,14,15). The van der Waals surface area contributed by atoms with Crippen molar-refractivity contribution in [3.05, 3.63) is 15.8 Å². The van der Waals surface area contributed by atoms with Gasteiger partial charge in [0.2, 0.25) is 10.0 Å². The quantitative estimate of drug-likeness (QED) is 0.732. The summed E-state index contributed by atoms with van der Waals surface area (Å²) in [4.78, 5) is 10.6. The van der Waals surface area contributed by atoms with Crippen molar-refractivity contribution in [1.29, 1.82) is 0 Å². The zero-order chi connectivity index (χ0) is 14.8. The second-order valence-electron chi connectivity index (χ2n) is 4.49. The molecule has 0 radical (unpaired) electrons. The summed E-state index contributed by atoms with van der Waals surface area (Å²) in [5, 5.41) is 19.7. The van der Waals surface area contributed by atoms with Crippen molar-refractivity contribution in [3.8, 4) is 0 Å². The fourth-order valence-electron chi connectivity index (χ4n) is 1.80. The molecule has 0 aromatic carbocycles. The number of nitrogens with one attached hydrogen (secondary N) is 1. The first-order chi connectivity index (χ1) is 8.65. The maximum atomic E-state index is 12.2. The van der Waals surface area contributed by atoms with E-state index in [1.54, 1.807) is 20.8 Å². The molecule has 108 valence electrons. The van der Waals surface area contributed by atoms with Crippen molar-refractivity contribution in [1.82, 2.24) is 4.72 Å². The van der Waals surface area contributed by atoms with E-state index in [0.29, 0.717) is 5.56 Å². The van der Waals surface area contributed by atoms with Gasteiger partial charge in [0.1, 0.15) is 9.77 Å². The number of carboxylic acid groups (broad SMARTS) is 1. The minimum absolute atomic E-state index is 0.192. The summed E-state index contributed by atoms with van der Waals surface area (Å²) < 4.78 is 26.7. The molecule has 1 heterocycles. The summed E-state index contributed by atoms with van der Waals surface area (Å²) in [6, 6.07) is -0.481. The first kappa shape index (κ1) is 16.1. The Hall–Kier alpha value is -0.960. The van der Waals surface area contributed by atoms with Crippen molar-refractivity contribution in [2.75, 3.05) is 0 Å². The highest BCUT2D eigenvalue weighted by Crippen LogP contribution is 2.27. The zero-order valence-corrected chi connectivity index (χ0v) is 12.5. The van der Waals surface area contributed by atoms with Crippen LogP contribution in [0.15, 0.2) is 10.3 Å². The smallest absolute Gasteiger partial charge is 0.347 e. The molecule has 0 saturated carbocycles. The maximum Gasteiger partial charge on any atom is 0.347 e. The summed E-state index contributed by atoms with van der Waals surface area (Å²) in [6.45, 7) is 4.73. The van der Waals surface area contributed by atoms with Crippen LogP contribution in [0.2, 0.25) is 0 Å².